The summed E-state index contributed by atoms with van der Waals surface area (Å²) in [5.41, 5.74) is -4.67. The van der Waals surface area contributed by atoms with Gasteiger partial charge in [-0.1, -0.05) is 157 Å². The molecule has 0 saturated carbocycles. The SMILES string of the molecule is [2H]c1c([2H])c([2H])c(-c2c([2H])c([2H])c3c(c2[2H])Cc2c([2H])c([2H])c([2H])c(-c4c5c([2H])c([2H])c([2H])c([2H])c5c(-c5c([2H])c([2H])c([2H])c6c([2H])c([2H])c([2H])c([2H])c56)c5c([2H])c([2H])c([2H])c([2H])c45)c2-3)c([2H])c1[2H]. The number of fused-ring (bicyclic) bond motifs is 6. The second-order valence-corrected chi connectivity index (χ2v) is 9.63. The zero-order valence-corrected chi connectivity index (χ0v) is 21.7. The van der Waals surface area contributed by atoms with Crippen LogP contribution in [-0.2, 0) is 6.42 Å². The van der Waals surface area contributed by atoms with Crippen molar-refractivity contribution in [2.45, 2.75) is 6.42 Å². The van der Waals surface area contributed by atoms with E-state index >= 15 is 0 Å². The van der Waals surface area contributed by atoms with Crippen LogP contribution in [0.5, 0.6) is 0 Å². The normalized spacial score (nSPS) is 20.6. The second kappa shape index (κ2) is 9.54. The molecule has 0 N–H and O–H groups in total. The Morgan fingerprint density at radius 2 is 0.907 bits per heavy atom. The van der Waals surface area contributed by atoms with E-state index in [1.54, 1.807) is 0 Å². The van der Waals surface area contributed by atoms with Crippen LogP contribution in [0.4, 0.5) is 0 Å². The van der Waals surface area contributed by atoms with Crippen LogP contribution in [0.15, 0.2) is 157 Å². The highest BCUT2D eigenvalue weighted by Gasteiger charge is 2.25. The Bertz CT molecular complexity index is 3700. The first kappa shape index (κ1) is 9.79. The Kier molecular flexibility index (Phi) is 2.17. The van der Waals surface area contributed by atoms with Crippen molar-refractivity contribution in [3.8, 4) is 44.5 Å². The summed E-state index contributed by atoms with van der Waals surface area (Å²) in [6.07, 6.45) is -0.516. The molecule has 0 atom stereocenters. The quantitative estimate of drug-likeness (QED) is 0.185. The lowest BCUT2D eigenvalue weighted by Crippen LogP contribution is -1.93. The van der Waals surface area contributed by atoms with E-state index in [0.29, 0.717) is 0 Å². The maximum atomic E-state index is 9.54. The number of benzene rings is 8. The largest absolute Gasteiger partial charge is 0.0633 e. The third-order valence-electron chi connectivity index (χ3n) is 7.38. The first-order chi connectivity index (χ1) is 32.2. The molecule has 200 valence electrons. The van der Waals surface area contributed by atoms with Gasteiger partial charge in [-0.2, -0.15) is 0 Å². The van der Waals surface area contributed by atoms with Gasteiger partial charge in [0, 0.05) is 0 Å². The van der Waals surface area contributed by atoms with Gasteiger partial charge >= 0.3 is 0 Å². The molecular weight excluding hydrogens is 516 g/mol. The van der Waals surface area contributed by atoms with Crippen LogP contribution in [0.2, 0.25) is 0 Å². The lowest BCUT2D eigenvalue weighted by molar-refractivity contribution is 1.26. The van der Waals surface area contributed by atoms with Crippen LogP contribution in [0.3, 0.4) is 0 Å². The van der Waals surface area contributed by atoms with E-state index in [-0.39, 0.29) is 22.3 Å². The monoisotopic (exact) mass is 570 g/mol. The van der Waals surface area contributed by atoms with Gasteiger partial charge in [0.2, 0.25) is 0 Å². The van der Waals surface area contributed by atoms with Gasteiger partial charge in [-0.3, -0.25) is 0 Å². The minimum absolute atomic E-state index is 0.181. The third kappa shape index (κ3) is 3.70. The maximum Gasteiger partial charge on any atom is 0.0633 e. The van der Waals surface area contributed by atoms with E-state index in [4.69, 9.17) is 23.3 Å². The Balaban J connectivity index is 1.60. The zero-order valence-electron chi connectivity index (χ0n) is 47.7. The predicted octanol–water partition coefficient (Wildman–Crippen LogP) is 11.7. The van der Waals surface area contributed by atoms with E-state index in [9.17, 15) is 12.3 Å². The fourth-order valence-electron chi connectivity index (χ4n) is 5.63. The van der Waals surface area contributed by atoms with Gasteiger partial charge in [0.05, 0.1) is 35.6 Å². The van der Waals surface area contributed by atoms with Crippen molar-refractivity contribution in [3.05, 3.63) is 168 Å². The van der Waals surface area contributed by atoms with Crippen molar-refractivity contribution in [1.29, 1.82) is 0 Å². The van der Waals surface area contributed by atoms with Gasteiger partial charge in [0.15, 0.2) is 0 Å². The summed E-state index contributed by atoms with van der Waals surface area (Å²) in [7, 11) is 0. The fourth-order valence-corrected chi connectivity index (χ4v) is 5.63. The first-order valence-corrected chi connectivity index (χ1v) is 13.0. The van der Waals surface area contributed by atoms with Crippen molar-refractivity contribution in [3.63, 3.8) is 0 Å². The second-order valence-electron chi connectivity index (χ2n) is 9.63. The predicted molar refractivity (Wildman–Crippen MR) is 184 cm³/mol. The molecule has 0 heterocycles. The summed E-state index contributed by atoms with van der Waals surface area (Å²) < 4.78 is 233. The van der Waals surface area contributed by atoms with Gasteiger partial charge in [0.25, 0.3) is 0 Å². The van der Waals surface area contributed by atoms with Gasteiger partial charge in [0.1, 0.15) is 0 Å². The Hall–Kier alpha value is -5.46. The maximum absolute atomic E-state index is 9.54. The average Bonchev–Trinajstić information content (AvgIpc) is 3.72. The first-order valence-electron chi connectivity index (χ1n) is 26.0. The van der Waals surface area contributed by atoms with Crippen molar-refractivity contribution in [2.24, 2.45) is 0 Å². The highest BCUT2D eigenvalue weighted by Crippen LogP contribution is 2.50. The molecule has 0 nitrogen and oxygen atoms in total. The van der Waals surface area contributed by atoms with E-state index < -0.39 is 229 Å². The molecule has 0 unspecified atom stereocenters. The van der Waals surface area contributed by atoms with Gasteiger partial charge in [-0.15, -0.1) is 0 Å². The van der Waals surface area contributed by atoms with Crippen molar-refractivity contribution in [1.82, 2.24) is 0 Å². The molecule has 0 saturated heterocycles. The Morgan fingerprint density at radius 1 is 0.349 bits per heavy atom. The molecule has 0 radical (unpaired) electrons. The summed E-state index contributed by atoms with van der Waals surface area (Å²) in [5.74, 6) is 0. The summed E-state index contributed by atoms with van der Waals surface area (Å²) in [5, 5.41) is -3.82. The van der Waals surface area contributed by atoms with Crippen LogP contribution < -0.4 is 0 Å². The highest BCUT2D eigenvalue weighted by molar-refractivity contribution is 6.24. The van der Waals surface area contributed by atoms with Gasteiger partial charge < -0.3 is 0 Å². The zero-order chi connectivity index (χ0) is 51.0. The molecule has 43 heavy (non-hydrogen) atoms. The molecule has 0 amide bonds. The molecule has 0 spiro atoms. The molecule has 1 aliphatic carbocycles. The van der Waals surface area contributed by atoms with Crippen LogP contribution in [0, 0.1) is 0 Å². The fraction of sp³-hybridized carbons (Fsp3) is 0.0233. The third-order valence-corrected chi connectivity index (χ3v) is 7.38. The lowest BCUT2D eigenvalue weighted by atomic mass is 9.83. The van der Waals surface area contributed by atoms with Crippen LogP contribution in [0.25, 0.3) is 76.8 Å². The van der Waals surface area contributed by atoms with E-state index in [0.717, 1.165) is 0 Å². The molecule has 8 aromatic carbocycles. The highest BCUT2D eigenvalue weighted by atomic mass is 14.3. The summed E-state index contributed by atoms with van der Waals surface area (Å²) in [6, 6.07) is -22.2. The number of hydrogen-bond donors (Lipinski definition) is 0. The summed E-state index contributed by atoms with van der Waals surface area (Å²) >= 11 is 0. The average molecular weight is 571 g/mol. The van der Waals surface area contributed by atoms with Crippen molar-refractivity contribution < 1.29 is 35.6 Å². The minimum Gasteiger partial charge on any atom is -0.0622 e. The number of rotatable bonds is 3. The molecule has 0 bridgehead atoms. The van der Waals surface area contributed by atoms with Crippen molar-refractivity contribution in [2.75, 3.05) is 0 Å². The molecule has 0 heteroatoms. The molecule has 8 aromatic rings. The smallest absolute Gasteiger partial charge is 0.0622 e. The van der Waals surface area contributed by atoms with Gasteiger partial charge in [-0.05, 0) is 94.4 Å². The number of hydrogen-bond acceptors (Lipinski definition) is 0. The molecule has 0 aliphatic heterocycles. The molecule has 9 rings (SSSR count). The minimum atomic E-state index is -0.948. The van der Waals surface area contributed by atoms with Crippen LogP contribution in [0.1, 0.15) is 46.8 Å². The Labute approximate surface area is 288 Å². The lowest BCUT2D eigenvalue weighted by Gasteiger charge is -2.20. The topological polar surface area (TPSA) is 0 Å². The standard InChI is InChI=1S/C43H28/c1-2-12-28(13-3-1)30-24-25-34-32(26-30)27-31-16-11-23-40(41(31)34)43-38-20-8-6-18-36(38)42(37-19-7-9-21-39(37)43)35-22-10-15-29-14-4-5-17-33(29)35/h1-26H,27H2/i1D,2D,3D,4D,5D,6D,7D,8D,9D,10D,11D,12D,13D,14D,15D,16D,17D,18D,19D,20D,21D,22D,23D,24D,25D,26D. The van der Waals surface area contributed by atoms with E-state index in [2.05, 4.69) is 0 Å². The van der Waals surface area contributed by atoms with Crippen LogP contribution >= 0.6 is 0 Å². The summed E-state index contributed by atoms with van der Waals surface area (Å²) in [4.78, 5) is 0. The molecular formula is C43H28. The molecule has 1 aliphatic rings. The van der Waals surface area contributed by atoms with Crippen LogP contribution in [-0.4, -0.2) is 0 Å². The Morgan fingerprint density at radius 3 is 1.63 bits per heavy atom. The van der Waals surface area contributed by atoms with E-state index in [1.165, 1.54) is 0 Å². The summed E-state index contributed by atoms with van der Waals surface area (Å²) in [6.45, 7) is 0. The van der Waals surface area contributed by atoms with E-state index in [1.807, 2.05) is 0 Å². The van der Waals surface area contributed by atoms with Crippen molar-refractivity contribution >= 4 is 32.3 Å². The molecule has 0 fully saturated rings. The van der Waals surface area contributed by atoms with Gasteiger partial charge in [-0.25, -0.2) is 0 Å². The molecule has 0 aromatic heterocycles.